The van der Waals surface area contributed by atoms with Crippen molar-refractivity contribution in [1.29, 1.82) is 0 Å². The summed E-state index contributed by atoms with van der Waals surface area (Å²) in [5, 5.41) is 12.6. The van der Waals surface area contributed by atoms with Gasteiger partial charge in [-0.1, -0.05) is 54.3 Å². The van der Waals surface area contributed by atoms with E-state index in [1.54, 1.807) is 0 Å². The number of anilines is 2. The molecule has 5 rings (SSSR count). The van der Waals surface area contributed by atoms with E-state index in [1.165, 1.54) is 28.7 Å². The van der Waals surface area contributed by atoms with E-state index in [2.05, 4.69) is 28.5 Å². The van der Waals surface area contributed by atoms with E-state index in [0.29, 0.717) is 19.0 Å². The van der Waals surface area contributed by atoms with E-state index in [1.807, 2.05) is 41.3 Å². The fourth-order valence-corrected chi connectivity index (χ4v) is 5.92. The topological polar surface area (TPSA) is 76.6 Å². The molecule has 0 bridgehead atoms. The number of rotatable bonds is 7. The fraction of sp³-hybridized carbons (Fsp3) is 0.375. The van der Waals surface area contributed by atoms with Crippen LogP contribution in [-0.2, 0) is 11.2 Å². The summed E-state index contributed by atoms with van der Waals surface area (Å²) in [5.74, 6) is 2.02. The van der Waals surface area contributed by atoms with Crippen LogP contribution in [-0.4, -0.2) is 46.5 Å². The molecule has 172 valence electrons. The van der Waals surface area contributed by atoms with Gasteiger partial charge in [0.15, 0.2) is 15.8 Å². The molecule has 7 nitrogen and oxygen atoms in total. The monoisotopic (exact) mass is 482 g/mol. The highest BCUT2D eigenvalue weighted by atomic mass is 32.2. The largest absolute Gasteiger partial charge is 0.486 e. The number of aromatic nitrogens is 2. The Morgan fingerprint density at radius 1 is 1.18 bits per heavy atom. The van der Waals surface area contributed by atoms with Crippen molar-refractivity contribution in [3.63, 3.8) is 0 Å². The quantitative estimate of drug-likeness (QED) is 0.471. The van der Waals surface area contributed by atoms with E-state index in [4.69, 9.17) is 9.47 Å². The Morgan fingerprint density at radius 3 is 2.91 bits per heavy atom. The van der Waals surface area contributed by atoms with Gasteiger partial charge in [-0.3, -0.25) is 4.79 Å². The summed E-state index contributed by atoms with van der Waals surface area (Å²) >= 11 is 2.92. The molecule has 1 atom stereocenters. The van der Waals surface area contributed by atoms with Crippen LogP contribution < -0.4 is 14.8 Å². The number of amides is 1. The number of aryl methyl sites for hydroxylation is 1. The molecule has 1 aromatic heterocycles. The van der Waals surface area contributed by atoms with Gasteiger partial charge in [0.05, 0.1) is 11.8 Å². The lowest BCUT2D eigenvalue weighted by atomic mass is 10.0. The first-order valence-corrected chi connectivity index (χ1v) is 13.0. The van der Waals surface area contributed by atoms with Crippen molar-refractivity contribution in [1.82, 2.24) is 15.1 Å². The highest BCUT2D eigenvalue weighted by molar-refractivity contribution is 8.01. The van der Waals surface area contributed by atoms with Crippen LogP contribution in [0.25, 0.3) is 0 Å². The zero-order chi connectivity index (χ0) is 22.6. The van der Waals surface area contributed by atoms with Crippen LogP contribution in [0.3, 0.4) is 0 Å². The molecule has 2 aromatic carbocycles. The van der Waals surface area contributed by atoms with Gasteiger partial charge in [0.1, 0.15) is 13.2 Å². The molecule has 0 aliphatic carbocycles. The Hall–Kier alpha value is -2.78. The predicted molar refractivity (Wildman–Crippen MR) is 131 cm³/mol. The number of likely N-dealkylation sites (tertiary alicyclic amines) is 1. The lowest BCUT2D eigenvalue weighted by Gasteiger charge is -2.26. The van der Waals surface area contributed by atoms with Gasteiger partial charge in [-0.25, -0.2) is 0 Å². The molecule has 0 radical (unpaired) electrons. The van der Waals surface area contributed by atoms with E-state index in [9.17, 15) is 4.79 Å². The maximum absolute atomic E-state index is 13.1. The van der Waals surface area contributed by atoms with Gasteiger partial charge in [0.25, 0.3) is 0 Å². The van der Waals surface area contributed by atoms with Gasteiger partial charge in [-0.2, -0.15) is 0 Å². The number of carbonyl (C=O) groups excluding carboxylic acids is 1. The number of nitrogens with zero attached hydrogens (tertiary/aromatic N) is 3. The van der Waals surface area contributed by atoms with Gasteiger partial charge >= 0.3 is 0 Å². The van der Waals surface area contributed by atoms with E-state index >= 15 is 0 Å². The number of ether oxygens (including phenoxy) is 2. The van der Waals surface area contributed by atoms with Crippen molar-refractivity contribution in [2.24, 2.45) is 0 Å². The molecule has 1 fully saturated rings. The number of carbonyl (C=O) groups is 1. The first kappa shape index (κ1) is 22.0. The second-order valence-corrected chi connectivity index (χ2v) is 10.1. The molecule has 0 spiro atoms. The minimum absolute atomic E-state index is 0.0751. The number of nitrogens with one attached hydrogen (secondary N) is 1. The zero-order valence-corrected chi connectivity index (χ0v) is 20.1. The second kappa shape index (κ2) is 10.0. The third kappa shape index (κ3) is 4.94. The number of para-hydroxylation sites is 1. The lowest BCUT2D eigenvalue weighted by molar-refractivity contribution is -0.129. The van der Waals surface area contributed by atoms with Crippen molar-refractivity contribution < 1.29 is 14.3 Å². The first-order chi connectivity index (χ1) is 16.2. The summed E-state index contributed by atoms with van der Waals surface area (Å²) in [6.45, 7) is 4.04. The molecule has 0 saturated carbocycles. The Kier molecular flexibility index (Phi) is 6.68. The smallest absolute Gasteiger partial charge is 0.233 e. The zero-order valence-electron chi connectivity index (χ0n) is 18.5. The third-order valence-corrected chi connectivity index (χ3v) is 7.85. The lowest BCUT2D eigenvalue weighted by Crippen LogP contribution is -2.32. The summed E-state index contributed by atoms with van der Waals surface area (Å²) < 4.78 is 12.1. The van der Waals surface area contributed by atoms with Gasteiger partial charge in [-0.15, -0.1) is 10.2 Å². The molecule has 1 N–H and O–H groups in total. The van der Waals surface area contributed by atoms with Gasteiger partial charge < -0.3 is 19.7 Å². The summed E-state index contributed by atoms with van der Waals surface area (Å²) in [5.41, 5.74) is 3.38. The van der Waals surface area contributed by atoms with Crippen molar-refractivity contribution >= 4 is 39.8 Å². The minimum atomic E-state index is 0.0751. The third-order valence-electron chi connectivity index (χ3n) is 5.89. The minimum Gasteiger partial charge on any atom is -0.486 e. The summed E-state index contributed by atoms with van der Waals surface area (Å²) in [4.78, 5) is 15.0. The second-order valence-electron chi connectivity index (χ2n) is 7.95. The van der Waals surface area contributed by atoms with Crippen LogP contribution in [0.5, 0.6) is 11.5 Å². The number of fused-ring (bicyclic) bond motifs is 1. The number of thioether (sulfide) groups is 1. The molecule has 0 unspecified atom stereocenters. The summed E-state index contributed by atoms with van der Waals surface area (Å²) in [7, 11) is 0. The Morgan fingerprint density at radius 2 is 2.03 bits per heavy atom. The predicted octanol–water partition coefficient (Wildman–Crippen LogP) is 5.07. The van der Waals surface area contributed by atoms with Crippen LogP contribution in [0.4, 0.5) is 10.8 Å². The fourth-order valence-electron chi connectivity index (χ4n) is 4.27. The van der Waals surface area contributed by atoms with Crippen LogP contribution in [0, 0.1) is 0 Å². The van der Waals surface area contributed by atoms with Crippen LogP contribution >= 0.6 is 23.1 Å². The molecular formula is C24H26N4O3S2. The van der Waals surface area contributed by atoms with Crippen LogP contribution in [0.15, 0.2) is 46.8 Å². The van der Waals surface area contributed by atoms with Crippen LogP contribution in [0.1, 0.15) is 36.9 Å². The summed E-state index contributed by atoms with van der Waals surface area (Å²) in [6, 6.07) is 14.3. The Labute approximate surface area is 201 Å². The SMILES string of the molecule is CCc1ccccc1Nc1nnc(SCC(=O)N2CCC[C@H]2c2ccc3c(c2)OCCO3)s1. The molecule has 3 aromatic rings. The molecule has 1 amide bonds. The van der Waals surface area contributed by atoms with Gasteiger partial charge in [-0.05, 0) is 48.6 Å². The van der Waals surface area contributed by atoms with Crippen molar-refractivity contribution in [3.8, 4) is 11.5 Å². The molecule has 33 heavy (non-hydrogen) atoms. The average Bonchev–Trinajstić information content (AvgIpc) is 3.52. The maximum atomic E-state index is 13.1. The first-order valence-electron chi connectivity index (χ1n) is 11.2. The molecule has 2 aliphatic heterocycles. The van der Waals surface area contributed by atoms with Crippen molar-refractivity contribution in [2.45, 2.75) is 36.6 Å². The van der Waals surface area contributed by atoms with Gasteiger partial charge in [0.2, 0.25) is 11.0 Å². The number of hydrogen-bond donors (Lipinski definition) is 1. The number of hydrogen-bond acceptors (Lipinski definition) is 8. The molecule has 3 heterocycles. The molecule has 2 aliphatic rings. The number of benzene rings is 2. The van der Waals surface area contributed by atoms with E-state index < -0.39 is 0 Å². The molecular weight excluding hydrogens is 456 g/mol. The Balaban J connectivity index is 1.20. The molecule has 9 heteroatoms. The summed E-state index contributed by atoms with van der Waals surface area (Å²) in [6.07, 6.45) is 2.90. The molecule has 1 saturated heterocycles. The Bertz CT molecular complexity index is 1140. The van der Waals surface area contributed by atoms with Crippen molar-refractivity contribution in [3.05, 3.63) is 53.6 Å². The standard InChI is InChI=1S/C24H26N4O3S2/c1-2-16-6-3-4-7-18(16)25-23-26-27-24(33-23)32-15-22(29)28-11-5-8-19(28)17-9-10-20-21(14-17)31-13-12-30-20/h3-4,6-7,9-10,14,19H,2,5,8,11-13,15H2,1H3,(H,25,26)/t19-/m0/s1. The highest BCUT2D eigenvalue weighted by Gasteiger charge is 2.31. The van der Waals surface area contributed by atoms with Gasteiger partial charge in [0, 0.05) is 12.2 Å². The maximum Gasteiger partial charge on any atom is 0.233 e. The normalized spacial score (nSPS) is 17.2. The van der Waals surface area contributed by atoms with Crippen molar-refractivity contribution in [2.75, 3.05) is 30.8 Å². The van der Waals surface area contributed by atoms with Crippen LogP contribution in [0.2, 0.25) is 0 Å². The van der Waals surface area contributed by atoms with E-state index in [-0.39, 0.29) is 11.9 Å². The van der Waals surface area contributed by atoms with E-state index in [0.717, 1.165) is 58.0 Å². The average molecular weight is 483 g/mol. The highest BCUT2D eigenvalue weighted by Crippen LogP contribution is 2.38.